The summed E-state index contributed by atoms with van der Waals surface area (Å²) in [6.45, 7) is 1.84. The van der Waals surface area contributed by atoms with Crippen molar-refractivity contribution in [1.82, 2.24) is 0 Å². The number of carbonyl (C=O) groups is 1. The Kier molecular flexibility index (Phi) is 3.51. The summed E-state index contributed by atoms with van der Waals surface area (Å²) in [6, 6.07) is 11.8. The van der Waals surface area contributed by atoms with Crippen molar-refractivity contribution in [2.75, 3.05) is 14.2 Å². The van der Waals surface area contributed by atoms with Crippen LogP contribution >= 0.6 is 0 Å². The van der Waals surface area contributed by atoms with E-state index in [2.05, 4.69) is 0 Å². The second kappa shape index (κ2) is 5.08. The number of carbonyl (C=O) groups excluding carboxylic acids is 1. The number of methoxy groups -OCH3 is 2. The Morgan fingerprint density at radius 3 is 2.39 bits per heavy atom. The van der Waals surface area contributed by atoms with Crippen LogP contribution in [-0.2, 0) is 9.53 Å². The van der Waals surface area contributed by atoms with E-state index >= 15 is 0 Å². The molecule has 1 atom stereocenters. The van der Waals surface area contributed by atoms with Crippen molar-refractivity contribution in [3.05, 3.63) is 42.0 Å². The van der Waals surface area contributed by atoms with Gasteiger partial charge in [-0.25, -0.2) is 0 Å². The number of hydrogen-bond acceptors (Lipinski definition) is 3. The molecule has 0 unspecified atom stereocenters. The monoisotopic (exact) mass is 244 g/mol. The molecule has 18 heavy (non-hydrogen) atoms. The molecule has 3 nitrogen and oxygen atoms in total. The maximum atomic E-state index is 11.5. The molecule has 0 heterocycles. The van der Waals surface area contributed by atoms with E-state index < -0.39 is 0 Å². The van der Waals surface area contributed by atoms with Gasteiger partial charge in [0, 0.05) is 0 Å². The SMILES string of the molecule is COC(=O)[C@H](C)c1ccc2cc(OC)ccc2c1. The fourth-order valence-electron chi connectivity index (χ4n) is 1.95. The number of rotatable bonds is 3. The summed E-state index contributed by atoms with van der Waals surface area (Å²) in [5, 5.41) is 2.18. The molecule has 0 amide bonds. The van der Waals surface area contributed by atoms with Crippen LogP contribution in [0.1, 0.15) is 18.4 Å². The van der Waals surface area contributed by atoms with E-state index in [1.54, 1.807) is 7.11 Å². The summed E-state index contributed by atoms with van der Waals surface area (Å²) in [7, 11) is 3.06. The van der Waals surface area contributed by atoms with Crippen LogP contribution in [-0.4, -0.2) is 20.2 Å². The topological polar surface area (TPSA) is 35.5 Å². The van der Waals surface area contributed by atoms with Crippen LogP contribution in [0, 0.1) is 0 Å². The first-order valence-electron chi connectivity index (χ1n) is 5.81. The van der Waals surface area contributed by atoms with Gasteiger partial charge in [0.1, 0.15) is 5.75 Å². The van der Waals surface area contributed by atoms with Crippen molar-refractivity contribution in [2.45, 2.75) is 12.8 Å². The van der Waals surface area contributed by atoms with Crippen molar-refractivity contribution >= 4 is 16.7 Å². The van der Waals surface area contributed by atoms with Crippen molar-refractivity contribution in [3.8, 4) is 5.75 Å². The van der Waals surface area contributed by atoms with E-state index in [-0.39, 0.29) is 11.9 Å². The van der Waals surface area contributed by atoms with Crippen LogP contribution in [0.4, 0.5) is 0 Å². The van der Waals surface area contributed by atoms with Crippen molar-refractivity contribution in [1.29, 1.82) is 0 Å². The number of hydrogen-bond donors (Lipinski definition) is 0. The lowest BCUT2D eigenvalue weighted by Crippen LogP contribution is -2.10. The molecule has 3 heteroatoms. The van der Waals surface area contributed by atoms with Gasteiger partial charge in [0.25, 0.3) is 0 Å². The second-order valence-electron chi connectivity index (χ2n) is 4.22. The average molecular weight is 244 g/mol. The van der Waals surface area contributed by atoms with Gasteiger partial charge in [0.05, 0.1) is 20.1 Å². The Balaban J connectivity index is 2.42. The molecule has 0 N–H and O–H groups in total. The lowest BCUT2D eigenvalue weighted by atomic mass is 9.98. The number of esters is 1. The summed E-state index contributed by atoms with van der Waals surface area (Å²) in [5.74, 6) is 0.362. The Labute approximate surface area is 106 Å². The van der Waals surface area contributed by atoms with Crippen molar-refractivity contribution in [2.24, 2.45) is 0 Å². The summed E-state index contributed by atoms with van der Waals surface area (Å²) < 4.78 is 9.94. The Hall–Kier alpha value is -2.03. The predicted octanol–water partition coefficient (Wildman–Crippen LogP) is 3.12. The fourth-order valence-corrected chi connectivity index (χ4v) is 1.95. The van der Waals surface area contributed by atoms with Gasteiger partial charge < -0.3 is 9.47 Å². The summed E-state index contributed by atoms with van der Waals surface area (Å²) in [6.07, 6.45) is 0. The molecule has 0 aliphatic rings. The largest absolute Gasteiger partial charge is 0.497 e. The van der Waals surface area contributed by atoms with Gasteiger partial charge in [0.15, 0.2) is 0 Å². The van der Waals surface area contributed by atoms with E-state index in [1.165, 1.54) is 7.11 Å². The van der Waals surface area contributed by atoms with E-state index in [1.807, 2.05) is 43.3 Å². The van der Waals surface area contributed by atoms with Crippen LogP contribution in [0.5, 0.6) is 5.75 Å². The first kappa shape index (κ1) is 12.4. The molecule has 94 valence electrons. The highest BCUT2D eigenvalue weighted by Gasteiger charge is 2.15. The van der Waals surface area contributed by atoms with Crippen LogP contribution < -0.4 is 4.74 Å². The minimum absolute atomic E-state index is 0.220. The van der Waals surface area contributed by atoms with Gasteiger partial charge in [-0.15, -0.1) is 0 Å². The molecule has 0 saturated carbocycles. The molecule has 0 spiro atoms. The van der Waals surface area contributed by atoms with Gasteiger partial charge in [-0.3, -0.25) is 4.79 Å². The van der Waals surface area contributed by atoms with Gasteiger partial charge in [-0.1, -0.05) is 24.3 Å². The first-order chi connectivity index (χ1) is 8.65. The molecule has 0 aliphatic heterocycles. The van der Waals surface area contributed by atoms with Crippen LogP contribution in [0.3, 0.4) is 0 Å². The second-order valence-corrected chi connectivity index (χ2v) is 4.22. The lowest BCUT2D eigenvalue weighted by molar-refractivity contribution is -0.141. The molecule has 0 aliphatic carbocycles. The highest BCUT2D eigenvalue weighted by Crippen LogP contribution is 2.25. The van der Waals surface area contributed by atoms with Crippen LogP contribution in [0.15, 0.2) is 36.4 Å². The maximum Gasteiger partial charge on any atom is 0.312 e. The zero-order valence-corrected chi connectivity index (χ0v) is 10.8. The molecular weight excluding hydrogens is 228 g/mol. The minimum atomic E-state index is -0.249. The predicted molar refractivity (Wildman–Crippen MR) is 70.9 cm³/mol. The molecule has 0 fully saturated rings. The normalized spacial score (nSPS) is 12.2. The highest BCUT2D eigenvalue weighted by molar-refractivity contribution is 5.86. The molecular formula is C15H16O3. The number of fused-ring (bicyclic) bond motifs is 1. The average Bonchev–Trinajstić information content (AvgIpc) is 2.44. The maximum absolute atomic E-state index is 11.5. The zero-order chi connectivity index (χ0) is 13.1. The summed E-state index contributed by atoms with van der Waals surface area (Å²) in [5.41, 5.74) is 0.958. The number of benzene rings is 2. The molecule has 0 radical (unpaired) electrons. The standard InChI is InChI=1S/C15H16O3/c1-10(15(16)18-3)11-4-5-13-9-14(17-2)7-6-12(13)8-11/h4-10H,1-3H3/t10-/m1/s1. The molecule has 2 aromatic rings. The first-order valence-corrected chi connectivity index (χ1v) is 5.81. The molecule has 0 bridgehead atoms. The van der Waals surface area contributed by atoms with E-state index in [0.717, 1.165) is 22.1 Å². The third-order valence-corrected chi connectivity index (χ3v) is 3.13. The quantitative estimate of drug-likeness (QED) is 0.778. The third-order valence-electron chi connectivity index (χ3n) is 3.13. The summed E-state index contributed by atoms with van der Waals surface area (Å²) >= 11 is 0. The number of ether oxygens (including phenoxy) is 2. The Morgan fingerprint density at radius 2 is 1.72 bits per heavy atom. The smallest absolute Gasteiger partial charge is 0.312 e. The summed E-state index contributed by atoms with van der Waals surface area (Å²) in [4.78, 5) is 11.5. The Bertz CT molecular complexity index is 575. The van der Waals surface area contributed by atoms with E-state index in [0.29, 0.717) is 0 Å². The molecule has 2 aromatic carbocycles. The van der Waals surface area contributed by atoms with Gasteiger partial charge in [0.2, 0.25) is 0 Å². The fraction of sp³-hybridized carbons (Fsp3) is 0.267. The zero-order valence-electron chi connectivity index (χ0n) is 10.8. The molecule has 2 rings (SSSR count). The third kappa shape index (κ3) is 2.30. The van der Waals surface area contributed by atoms with Crippen LogP contribution in [0.25, 0.3) is 10.8 Å². The van der Waals surface area contributed by atoms with Crippen molar-refractivity contribution in [3.63, 3.8) is 0 Å². The van der Waals surface area contributed by atoms with Crippen LogP contribution in [0.2, 0.25) is 0 Å². The molecule has 0 aromatic heterocycles. The Morgan fingerprint density at radius 1 is 1.06 bits per heavy atom. The minimum Gasteiger partial charge on any atom is -0.497 e. The van der Waals surface area contributed by atoms with Gasteiger partial charge >= 0.3 is 5.97 Å². The van der Waals surface area contributed by atoms with Gasteiger partial charge in [-0.05, 0) is 35.4 Å². The van der Waals surface area contributed by atoms with E-state index in [4.69, 9.17) is 9.47 Å². The molecule has 0 saturated heterocycles. The highest BCUT2D eigenvalue weighted by atomic mass is 16.5. The van der Waals surface area contributed by atoms with E-state index in [9.17, 15) is 4.79 Å². The van der Waals surface area contributed by atoms with Gasteiger partial charge in [-0.2, -0.15) is 0 Å². The van der Waals surface area contributed by atoms with Crippen molar-refractivity contribution < 1.29 is 14.3 Å². The lowest BCUT2D eigenvalue weighted by Gasteiger charge is -2.10.